The zero-order chi connectivity index (χ0) is 15.6. The van der Waals surface area contributed by atoms with E-state index in [2.05, 4.69) is 15.9 Å². The van der Waals surface area contributed by atoms with E-state index in [0.29, 0.717) is 26.2 Å². The van der Waals surface area contributed by atoms with Crippen molar-refractivity contribution in [3.63, 3.8) is 0 Å². The van der Waals surface area contributed by atoms with Gasteiger partial charge in [-0.25, -0.2) is 0 Å². The van der Waals surface area contributed by atoms with Crippen molar-refractivity contribution in [2.75, 3.05) is 19.8 Å². The largest absolute Gasteiger partial charge is 0.500 e. The first-order valence-corrected chi connectivity index (χ1v) is 9.90. The highest BCUT2D eigenvalue weighted by Crippen LogP contribution is 2.27. The van der Waals surface area contributed by atoms with Crippen molar-refractivity contribution in [2.45, 2.75) is 57.3 Å². The zero-order valence-corrected chi connectivity index (χ0v) is 15.5. The van der Waals surface area contributed by atoms with E-state index in [0.717, 1.165) is 18.9 Å². The number of hydrogen-bond donors (Lipinski definition) is 1. The fraction of sp³-hybridized carbons (Fsp3) is 0.923. The molecule has 0 saturated carbocycles. The second-order valence-electron chi connectivity index (χ2n) is 4.69. The van der Waals surface area contributed by atoms with Crippen molar-refractivity contribution in [3.05, 3.63) is 0 Å². The Kier molecular flexibility index (Phi) is 9.91. The SMILES string of the molecule is CCO[Si](CCCCC(C)(Br)C(=O)O)(OCC)OCC. The summed E-state index contributed by atoms with van der Waals surface area (Å²) in [4.78, 5) is 11.0. The fourth-order valence-electron chi connectivity index (χ4n) is 1.91. The summed E-state index contributed by atoms with van der Waals surface area (Å²) in [6.07, 6.45) is 2.19. The molecule has 120 valence electrons. The van der Waals surface area contributed by atoms with Crippen LogP contribution in [0.4, 0.5) is 0 Å². The fourth-order valence-corrected chi connectivity index (χ4v) is 4.87. The first-order chi connectivity index (χ1) is 9.33. The van der Waals surface area contributed by atoms with Crippen molar-refractivity contribution < 1.29 is 23.2 Å². The molecule has 0 aromatic rings. The van der Waals surface area contributed by atoms with Crippen molar-refractivity contribution in [2.24, 2.45) is 0 Å². The molecular weight excluding hydrogens is 344 g/mol. The molecule has 0 aromatic carbocycles. The molecule has 0 aliphatic rings. The zero-order valence-electron chi connectivity index (χ0n) is 12.9. The predicted molar refractivity (Wildman–Crippen MR) is 84.3 cm³/mol. The average molecular weight is 371 g/mol. The molecule has 0 radical (unpaired) electrons. The molecule has 0 rings (SSSR count). The Morgan fingerprint density at radius 1 is 1.10 bits per heavy atom. The summed E-state index contributed by atoms with van der Waals surface area (Å²) in [5.41, 5.74) is 0. The van der Waals surface area contributed by atoms with E-state index in [4.69, 9.17) is 18.4 Å². The van der Waals surface area contributed by atoms with Crippen molar-refractivity contribution in [1.29, 1.82) is 0 Å². The molecular formula is C13H27BrO5Si. The molecule has 0 aromatic heterocycles. The molecule has 0 aliphatic heterocycles. The maximum Gasteiger partial charge on any atom is 0.500 e. The van der Waals surface area contributed by atoms with Crippen LogP contribution in [0.15, 0.2) is 0 Å². The number of unbranched alkanes of at least 4 members (excludes halogenated alkanes) is 1. The van der Waals surface area contributed by atoms with Crippen LogP contribution in [0.25, 0.3) is 0 Å². The Bertz CT molecular complexity index is 269. The van der Waals surface area contributed by atoms with Gasteiger partial charge in [-0.2, -0.15) is 0 Å². The summed E-state index contributed by atoms with van der Waals surface area (Å²) in [5.74, 6) is -0.833. The molecule has 7 heteroatoms. The van der Waals surface area contributed by atoms with Gasteiger partial charge < -0.3 is 18.4 Å². The minimum atomic E-state index is -2.58. The maximum absolute atomic E-state index is 11.0. The number of carbonyl (C=O) groups is 1. The van der Waals surface area contributed by atoms with Gasteiger partial charge in [0.2, 0.25) is 0 Å². The van der Waals surface area contributed by atoms with E-state index in [9.17, 15) is 4.79 Å². The normalized spacial score (nSPS) is 15.1. The van der Waals surface area contributed by atoms with Gasteiger partial charge in [-0.15, -0.1) is 0 Å². The Balaban J connectivity index is 4.35. The third-order valence-corrected chi connectivity index (χ3v) is 6.81. The average Bonchev–Trinajstić information content (AvgIpc) is 2.35. The number of hydrogen-bond acceptors (Lipinski definition) is 4. The van der Waals surface area contributed by atoms with Gasteiger partial charge >= 0.3 is 14.8 Å². The van der Waals surface area contributed by atoms with Crippen LogP contribution in [0.5, 0.6) is 0 Å². The number of alkyl halides is 1. The highest BCUT2D eigenvalue weighted by atomic mass is 79.9. The van der Waals surface area contributed by atoms with Crippen molar-refractivity contribution in [1.82, 2.24) is 0 Å². The summed E-state index contributed by atoms with van der Waals surface area (Å²) in [6.45, 7) is 9.17. The minimum absolute atomic E-state index is 0.567. The van der Waals surface area contributed by atoms with Gasteiger partial charge in [0.05, 0.1) is 0 Å². The molecule has 0 aliphatic carbocycles. The third kappa shape index (κ3) is 7.17. The second kappa shape index (κ2) is 9.89. The summed E-state index contributed by atoms with van der Waals surface area (Å²) >= 11 is 3.24. The van der Waals surface area contributed by atoms with Gasteiger partial charge in [0, 0.05) is 25.9 Å². The summed E-state index contributed by atoms with van der Waals surface area (Å²) < 4.78 is 16.4. The molecule has 0 bridgehead atoms. The van der Waals surface area contributed by atoms with E-state index in [1.807, 2.05) is 20.8 Å². The highest BCUT2D eigenvalue weighted by Gasteiger charge is 2.40. The first kappa shape index (κ1) is 20.0. The van der Waals surface area contributed by atoms with E-state index < -0.39 is 19.1 Å². The minimum Gasteiger partial charge on any atom is -0.480 e. The quantitative estimate of drug-likeness (QED) is 0.323. The number of carboxylic acid groups (broad SMARTS) is 1. The van der Waals surface area contributed by atoms with Crippen LogP contribution in [0.1, 0.15) is 47.0 Å². The topological polar surface area (TPSA) is 65.0 Å². The van der Waals surface area contributed by atoms with Crippen molar-refractivity contribution in [3.8, 4) is 0 Å². The molecule has 0 spiro atoms. The Labute approximate surface area is 131 Å². The summed E-state index contributed by atoms with van der Waals surface area (Å²) in [5, 5.41) is 9.04. The van der Waals surface area contributed by atoms with Gasteiger partial charge in [-0.1, -0.05) is 22.4 Å². The molecule has 20 heavy (non-hydrogen) atoms. The molecule has 0 heterocycles. The lowest BCUT2D eigenvalue weighted by molar-refractivity contribution is -0.139. The molecule has 1 atom stereocenters. The van der Waals surface area contributed by atoms with E-state index in [1.54, 1.807) is 6.92 Å². The lowest BCUT2D eigenvalue weighted by Crippen LogP contribution is -2.46. The van der Waals surface area contributed by atoms with Crippen LogP contribution in [-0.4, -0.2) is 44.0 Å². The Morgan fingerprint density at radius 3 is 1.90 bits per heavy atom. The lowest BCUT2D eigenvalue weighted by atomic mass is 10.1. The smallest absolute Gasteiger partial charge is 0.480 e. The van der Waals surface area contributed by atoms with Crippen molar-refractivity contribution >= 4 is 30.7 Å². The van der Waals surface area contributed by atoms with Crippen LogP contribution < -0.4 is 0 Å². The summed E-state index contributed by atoms with van der Waals surface area (Å²) in [6, 6.07) is 0.727. The summed E-state index contributed by atoms with van der Waals surface area (Å²) in [7, 11) is -2.58. The van der Waals surface area contributed by atoms with Gasteiger partial charge in [-0.05, 0) is 40.5 Å². The van der Waals surface area contributed by atoms with E-state index in [1.165, 1.54) is 0 Å². The Hall–Kier alpha value is 0.0469. The number of aliphatic carboxylic acids is 1. The van der Waals surface area contributed by atoms with Gasteiger partial charge in [-0.3, -0.25) is 4.79 Å². The molecule has 0 fully saturated rings. The lowest BCUT2D eigenvalue weighted by Gasteiger charge is -2.28. The highest BCUT2D eigenvalue weighted by molar-refractivity contribution is 9.10. The van der Waals surface area contributed by atoms with Crippen LogP contribution in [0.2, 0.25) is 6.04 Å². The predicted octanol–water partition coefficient (Wildman–Crippen LogP) is 3.44. The van der Waals surface area contributed by atoms with E-state index >= 15 is 0 Å². The van der Waals surface area contributed by atoms with Gasteiger partial charge in [0.1, 0.15) is 4.32 Å². The van der Waals surface area contributed by atoms with Crippen LogP contribution in [0, 0.1) is 0 Å². The van der Waals surface area contributed by atoms with Gasteiger partial charge in [0.25, 0.3) is 0 Å². The molecule has 0 saturated heterocycles. The molecule has 5 nitrogen and oxygen atoms in total. The number of rotatable bonds is 12. The Morgan fingerprint density at radius 2 is 1.55 bits per heavy atom. The number of carboxylic acids is 1. The van der Waals surface area contributed by atoms with E-state index in [-0.39, 0.29) is 0 Å². The third-order valence-electron chi connectivity index (χ3n) is 2.92. The molecule has 1 N–H and O–H groups in total. The molecule has 1 unspecified atom stereocenters. The van der Waals surface area contributed by atoms with Gasteiger partial charge in [0.15, 0.2) is 0 Å². The first-order valence-electron chi connectivity index (χ1n) is 7.17. The number of halogens is 1. The maximum atomic E-state index is 11.0. The van der Waals surface area contributed by atoms with Crippen LogP contribution >= 0.6 is 15.9 Å². The standard InChI is InChI=1S/C13H27BrO5Si/c1-5-17-20(18-6-2,19-7-3)11-9-8-10-13(4,14)12(15)16/h5-11H2,1-4H3,(H,15,16). The van der Waals surface area contributed by atoms with Crippen LogP contribution in [-0.2, 0) is 18.1 Å². The monoisotopic (exact) mass is 370 g/mol. The molecule has 0 amide bonds. The van der Waals surface area contributed by atoms with Crippen LogP contribution in [0.3, 0.4) is 0 Å². The second-order valence-corrected chi connectivity index (χ2v) is 9.17.